The van der Waals surface area contributed by atoms with E-state index in [1.54, 1.807) is 12.2 Å². The van der Waals surface area contributed by atoms with E-state index in [1.807, 2.05) is 0 Å². The SMILES string of the molecule is C=CCN(CC=C)C(=O)COC(=O)Cc1c(F)cccc1Cl. The summed E-state index contributed by atoms with van der Waals surface area (Å²) in [5.41, 5.74) is 0.0515. The van der Waals surface area contributed by atoms with E-state index in [2.05, 4.69) is 13.2 Å². The highest BCUT2D eigenvalue weighted by Crippen LogP contribution is 2.19. The molecule has 0 N–H and O–H groups in total. The first-order chi connectivity index (χ1) is 10.5. The number of amides is 1. The standard InChI is InChI=1S/C16H17ClFNO3/c1-3-8-19(9-4-2)15(20)11-22-16(21)10-12-13(17)6-5-7-14(12)18/h3-7H,1-2,8-11H2. The Hall–Kier alpha value is -2.14. The van der Waals surface area contributed by atoms with Crippen LogP contribution >= 0.6 is 11.6 Å². The number of halogens is 2. The fraction of sp³-hybridized carbons (Fsp3) is 0.250. The molecule has 1 rings (SSSR count). The number of hydrogen-bond acceptors (Lipinski definition) is 3. The Balaban J connectivity index is 2.57. The molecule has 0 aliphatic heterocycles. The third-order valence-corrected chi connectivity index (χ3v) is 3.15. The Morgan fingerprint density at radius 3 is 2.45 bits per heavy atom. The molecule has 1 aromatic rings. The largest absolute Gasteiger partial charge is 0.455 e. The number of carbonyl (C=O) groups excluding carboxylic acids is 2. The first-order valence-corrected chi connectivity index (χ1v) is 6.95. The maximum absolute atomic E-state index is 13.5. The fourth-order valence-corrected chi connectivity index (χ4v) is 1.95. The molecular weight excluding hydrogens is 309 g/mol. The molecule has 1 aromatic carbocycles. The normalized spacial score (nSPS) is 9.91. The van der Waals surface area contributed by atoms with Crippen molar-refractivity contribution in [1.82, 2.24) is 4.90 Å². The monoisotopic (exact) mass is 325 g/mol. The predicted molar refractivity (Wildman–Crippen MR) is 83.0 cm³/mol. The number of ether oxygens (including phenoxy) is 1. The van der Waals surface area contributed by atoms with Gasteiger partial charge in [0.2, 0.25) is 0 Å². The molecule has 0 saturated heterocycles. The zero-order chi connectivity index (χ0) is 16.5. The zero-order valence-corrected chi connectivity index (χ0v) is 12.8. The summed E-state index contributed by atoms with van der Waals surface area (Å²) in [4.78, 5) is 25.0. The second-order valence-corrected chi connectivity index (χ2v) is 4.82. The number of esters is 1. The third-order valence-electron chi connectivity index (χ3n) is 2.79. The van der Waals surface area contributed by atoms with Crippen LogP contribution in [0.4, 0.5) is 4.39 Å². The average molecular weight is 326 g/mol. The van der Waals surface area contributed by atoms with Gasteiger partial charge in [0.1, 0.15) is 5.82 Å². The van der Waals surface area contributed by atoms with Gasteiger partial charge in [0.05, 0.1) is 6.42 Å². The number of benzene rings is 1. The van der Waals surface area contributed by atoms with Gasteiger partial charge in [-0.15, -0.1) is 13.2 Å². The molecule has 0 radical (unpaired) electrons. The number of nitrogens with zero attached hydrogens (tertiary/aromatic N) is 1. The van der Waals surface area contributed by atoms with Crippen LogP contribution in [0.25, 0.3) is 0 Å². The molecule has 0 atom stereocenters. The number of rotatable bonds is 8. The first-order valence-electron chi connectivity index (χ1n) is 6.57. The lowest BCUT2D eigenvalue weighted by molar-refractivity contribution is -0.151. The highest BCUT2D eigenvalue weighted by molar-refractivity contribution is 6.31. The highest BCUT2D eigenvalue weighted by atomic mass is 35.5. The lowest BCUT2D eigenvalue weighted by Crippen LogP contribution is -2.35. The van der Waals surface area contributed by atoms with E-state index in [9.17, 15) is 14.0 Å². The molecule has 4 nitrogen and oxygen atoms in total. The van der Waals surface area contributed by atoms with Crippen LogP contribution in [-0.2, 0) is 20.7 Å². The van der Waals surface area contributed by atoms with Gasteiger partial charge in [0, 0.05) is 23.7 Å². The Labute approximate surface area is 133 Å². The summed E-state index contributed by atoms with van der Waals surface area (Å²) in [7, 11) is 0. The van der Waals surface area contributed by atoms with Crippen molar-refractivity contribution in [1.29, 1.82) is 0 Å². The maximum atomic E-state index is 13.5. The minimum atomic E-state index is -0.725. The van der Waals surface area contributed by atoms with Crippen molar-refractivity contribution in [3.63, 3.8) is 0 Å². The van der Waals surface area contributed by atoms with Gasteiger partial charge < -0.3 is 9.64 Å². The summed E-state index contributed by atoms with van der Waals surface area (Å²) in [5, 5.41) is 0.142. The predicted octanol–water partition coefficient (Wildman–Crippen LogP) is 2.77. The van der Waals surface area contributed by atoms with E-state index >= 15 is 0 Å². The Morgan fingerprint density at radius 1 is 1.27 bits per heavy atom. The molecule has 0 aromatic heterocycles. The molecule has 0 heterocycles. The second kappa shape index (κ2) is 9.00. The molecule has 1 amide bonds. The summed E-state index contributed by atoms with van der Waals surface area (Å²) in [6.07, 6.45) is 2.78. The minimum Gasteiger partial charge on any atom is -0.455 e. The van der Waals surface area contributed by atoms with Crippen LogP contribution in [0.2, 0.25) is 5.02 Å². The molecule has 118 valence electrons. The van der Waals surface area contributed by atoms with E-state index < -0.39 is 18.4 Å². The van der Waals surface area contributed by atoms with Crippen molar-refractivity contribution in [2.24, 2.45) is 0 Å². The quantitative estimate of drug-likeness (QED) is 0.545. The van der Waals surface area contributed by atoms with Crippen LogP contribution in [0.1, 0.15) is 5.56 Å². The molecule has 22 heavy (non-hydrogen) atoms. The van der Waals surface area contributed by atoms with Gasteiger partial charge in [-0.2, -0.15) is 0 Å². The van der Waals surface area contributed by atoms with Gasteiger partial charge in [-0.05, 0) is 12.1 Å². The van der Waals surface area contributed by atoms with Crippen molar-refractivity contribution < 1.29 is 18.7 Å². The van der Waals surface area contributed by atoms with Crippen LogP contribution < -0.4 is 0 Å². The molecular formula is C16H17ClFNO3. The molecule has 0 aliphatic rings. The van der Waals surface area contributed by atoms with Crippen molar-refractivity contribution >= 4 is 23.5 Å². The Bertz CT molecular complexity index is 544. The summed E-state index contributed by atoms with van der Waals surface area (Å²) in [6, 6.07) is 4.13. The van der Waals surface area contributed by atoms with E-state index in [0.29, 0.717) is 13.1 Å². The van der Waals surface area contributed by atoms with Crippen LogP contribution in [0, 0.1) is 5.82 Å². The van der Waals surface area contributed by atoms with Crippen LogP contribution in [0.3, 0.4) is 0 Å². The van der Waals surface area contributed by atoms with Gasteiger partial charge in [0.15, 0.2) is 6.61 Å². The van der Waals surface area contributed by atoms with E-state index in [-0.39, 0.29) is 22.9 Å². The third kappa shape index (κ3) is 5.33. The first kappa shape index (κ1) is 17.9. The van der Waals surface area contributed by atoms with E-state index in [0.717, 1.165) is 0 Å². The summed E-state index contributed by atoms with van der Waals surface area (Å²) < 4.78 is 18.4. The van der Waals surface area contributed by atoms with Crippen LogP contribution in [-0.4, -0.2) is 36.5 Å². The lowest BCUT2D eigenvalue weighted by atomic mass is 10.1. The van der Waals surface area contributed by atoms with Crippen LogP contribution in [0.15, 0.2) is 43.5 Å². The van der Waals surface area contributed by atoms with Crippen molar-refractivity contribution in [3.05, 3.63) is 59.9 Å². The molecule has 0 aliphatic carbocycles. The van der Waals surface area contributed by atoms with E-state index in [1.165, 1.54) is 23.1 Å². The number of hydrogen-bond donors (Lipinski definition) is 0. The number of carbonyl (C=O) groups is 2. The molecule has 0 bridgehead atoms. The average Bonchev–Trinajstić information content (AvgIpc) is 2.48. The van der Waals surface area contributed by atoms with Gasteiger partial charge in [0.25, 0.3) is 5.91 Å². The lowest BCUT2D eigenvalue weighted by Gasteiger charge is -2.19. The van der Waals surface area contributed by atoms with Gasteiger partial charge in [-0.25, -0.2) is 4.39 Å². The topological polar surface area (TPSA) is 46.6 Å². The van der Waals surface area contributed by atoms with Gasteiger partial charge in [-0.1, -0.05) is 29.8 Å². The smallest absolute Gasteiger partial charge is 0.310 e. The Morgan fingerprint density at radius 2 is 1.91 bits per heavy atom. The fourth-order valence-electron chi connectivity index (χ4n) is 1.72. The zero-order valence-electron chi connectivity index (χ0n) is 12.1. The molecule has 0 unspecified atom stereocenters. The summed E-state index contributed by atoms with van der Waals surface area (Å²) in [6.45, 7) is 7.30. The van der Waals surface area contributed by atoms with Crippen LogP contribution in [0.5, 0.6) is 0 Å². The molecule has 0 saturated carbocycles. The Kier molecular flexibility index (Phi) is 7.32. The van der Waals surface area contributed by atoms with Crippen molar-refractivity contribution in [2.45, 2.75) is 6.42 Å². The van der Waals surface area contributed by atoms with Crippen molar-refractivity contribution in [2.75, 3.05) is 19.7 Å². The minimum absolute atomic E-state index is 0.0515. The second-order valence-electron chi connectivity index (χ2n) is 4.41. The van der Waals surface area contributed by atoms with E-state index in [4.69, 9.17) is 16.3 Å². The molecule has 0 fully saturated rings. The summed E-state index contributed by atoms with van der Waals surface area (Å²) >= 11 is 5.82. The summed E-state index contributed by atoms with van der Waals surface area (Å²) in [5.74, 6) is -1.69. The molecule has 0 spiro atoms. The maximum Gasteiger partial charge on any atom is 0.310 e. The van der Waals surface area contributed by atoms with Gasteiger partial charge in [-0.3, -0.25) is 9.59 Å². The van der Waals surface area contributed by atoms with Gasteiger partial charge >= 0.3 is 5.97 Å². The van der Waals surface area contributed by atoms with Crippen molar-refractivity contribution in [3.8, 4) is 0 Å². The highest BCUT2D eigenvalue weighted by Gasteiger charge is 2.16. The molecule has 6 heteroatoms.